The summed E-state index contributed by atoms with van der Waals surface area (Å²) in [5.74, 6) is 0. The van der Waals surface area contributed by atoms with Crippen molar-refractivity contribution in [3.8, 4) is 0 Å². The van der Waals surface area contributed by atoms with Gasteiger partial charge < -0.3 is 4.52 Å². The predicted octanol–water partition coefficient (Wildman–Crippen LogP) is 0.994. The van der Waals surface area contributed by atoms with Gasteiger partial charge in [0, 0.05) is 6.07 Å². The second-order valence-corrected chi connectivity index (χ2v) is 3.79. The van der Waals surface area contributed by atoms with Crippen molar-refractivity contribution in [3.05, 3.63) is 32.2 Å². The third kappa shape index (κ3) is 1.78. The second-order valence-electron chi connectivity index (χ2n) is 2.27. The van der Waals surface area contributed by atoms with Gasteiger partial charge in [0.1, 0.15) is 12.0 Å². The molecule has 0 saturated heterocycles. The van der Waals surface area contributed by atoms with E-state index in [1.54, 1.807) is 6.07 Å². The van der Waals surface area contributed by atoms with Crippen molar-refractivity contribution in [2.45, 2.75) is 6.54 Å². The molecule has 7 heteroatoms. The Labute approximate surface area is 81.5 Å². The number of halogens is 1. The van der Waals surface area contributed by atoms with Crippen LogP contribution in [0.1, 0.15) is 5.69 Å². The summed E-state index contributed by atoms with van der Waals surface area (Å²) in [6.45, 7) is 0.290. The zero-order chi connectivity index (χ0) is 9.26. The van der Waals surface area contributed by atoms with Crippen molar-refractivity contribution in [1.82, 2.24) is 14.9 Å². The summed E-state index contributed by atoms with van der Waals surface area (Å²) in [4.78, 5) is 10.9. The summed E-state index contributed by atoms with van der Waals surface area (Å²) in [6.07, 6.45) is 1.44. The average Bonchev–Trinajstić information content (AvgIpc) is 2.63. The summed E-state index contributed by atoms with van der Waals surface area (Å²) in [7, 11) is 0. The molecule has 0 saturated carbocycles. The first-order valence-electron chi connectivity index (χ1n) is 3.38. The summed E-state index contributed by atoms with van der Waals surface area (Å²) in [5.41, 5.74) is 0.643. The molecule has 0 atom stereocenters. The Morgan fingerprint density at radius 3 is 3.08 bits per heavy atom. The first kappa shape index (κ1) is 8.46. The Morgan fingerprint density at radius 2 is 2.54 bits per heavy atom. The molecule has 0 aliphatic carbocycles. The van der Waals surface area contributed by atoms with Crippen molar-refractivity contribution in [2.75, 3.05) is 0 Å². The maximum absolute atomic E-state index is 11.1. The molecule has 68 valence electrons. The highest BCUT2D eigenvalue weighted by Gasteiger charge is 2.05. The third-order valence-electron chi connectivity index (χ3n) is 1.38. The maximum atomic E-state index is 11.1. The van der Waals surface area contributed by atoms with E-state index in [1.807, 2.05) is 0 Å². The van der Waals surface area contributed by atoms with E-state index in [4.69, 9.17) is 11.6 Å². The molecule has 0 spiro atoms. The topological polar surface area (TPSA) is 60.9 Å². The lowest BCUT2D eigenvalue weighted by molar-refractivity contribution is 0.407. The van der Waals surface area contributed by atoms with Crippen molar-refractivity contribution in [3.63, 3.8) is 0 Å². The van der Waals surface area contributed by atoms with Crippen LogP contribution in [-0.4, -0.2) is 14.9 Å². The van der Waals surface area contributed by atoms with Crippen LogP contribution in [0.15, 0.2) is 21.6 Å². The molecule has 2 rings (SSSR count). The van der Waals surface area contributed by atoms with Gasteiger partial charge in [0.15, 0.2) is 0 Å². The Bertz CT molecular complexity index is 447. The van der Waals surface area contributed by atoms with E-state index in [0.717, 1.165) is 11.3 Å². The van der Waals surface area contributed by atoms with E-state index in [0.29, 0.717) is 12.2 Å². The molecule has 0 aromatic carbocycles. The minimum atomic E-state index is -0.201. The second kappa shape index (κ2) is 3.31. The van der Waals surface area contributed by atoms with Gasteiger partial charge in [-0.25, -0.2) is 4.68 Å². The van der Waals surface area contributed by atoms with Gasteiger partial charge in [0.05, 0.1) is 6.54 Å². The van der Waals surface area contributed by atoms with E-state index in [9.17, 15) is 4.79 Å². The molecule has 5 nitrogen and oxygen atoms in total. The van der Waals surface area contributed by atoms with Gasteiger partial charge in [0.2, 0.25) is 4.47 Å². The van der Waals surface area contributed by atoms with Gasteiger partial charge in [-0.05, 0) is 22.9 Å². The summed E-state index contributed by atoms with van der Waals surface area (Å²) >= 11 is 6.44. The van der Waals surface area contributed by atoms with Gasteiger partial charge in [0.25, 0.3) is 0 Å². The molecule has 0 aliphatic rings. The van der Waals surface area contributed by atoms with Gasteiger partial charge in [-0.3, -0.25) is 4.79 Å². The Kier molecular flexibility index (Phi) is 2.15. The van der Waals surface area contributed by atoms with Crippen molar-refractivity contribution in [2.24, 2.45) is 0 Å². The molecule has 2 aromatic heterocycles. The van der Waals surface area contributed by atoms with Crippen molar-refractivity contribution in [1.29, 1.82) is 0 Å². The molecule has 0 aliphatic heterocycles. The predicted molar refractivity (Wildman–Crippen MR) is 47.0 cm³/mol. The number of nitrogens with zero attached hydrogens (tertiary/aromatic N) is 3. The van der Waals surface area contributed by atoms with Crippen LogP contribution >= 0.6 is 22.9 Å². The summed E-state index contributed by atoms with van der Waals surface area (Å²) < 4.78 is 6.08. The summed E-state index contributed by atoms with van der Waals surface area (Å²) in [5, 5.41) is 7.44. The minimum Gasteiger partial charge on any atom is -0.364 e. The number of hydrogen-bond acceptors (Lipinski definition) is 5. The lowest BCUT2D eigenvalue weighted by atomic mass is 10.4. The molecule has 0 fully saturated rings. The average molecular weight is 218 g/mol. The van der Waals surface area contributed by atoms with E-state index in [-0.39, 0.29) is 9.34 Å². The van der Waals surface area contributed by atoms with Crippen LogP contribution in [0.5, 0.6) is 0 Å². The van der Waals surface area contributed by atoms with Gasteiger partial charge in [-0.1, -0.05) is 5.16 Å². The molecule has 0 N–H and O–H groups in total. The molecule has 0 unspecified atom stereocenters. The van der Waals surface area contributed by atoms with E-state index < -0.39 is 0 Å². The van der Waals surface area contributed by atoms with Crippen LogP contribution in [0.2, 0.25) is 4.47 Å². The van der Waals surface area contributed by atoms with E-state index in [1.165, 1.54) is 10.9 Å². The quantitative estimate of drug-likeness (QED) is 0.753. The van der Waals surface area contributed by atoms with Crippen LogP contribution < -0.4 is 4.87 Å². The molecule has 2 heterocycles. The van der Waals surface area contributed by atoms with Crippen LogP contribution in [-0.2, 0) is 6.54 Å². The highest BCUT2D eigenvalue weighted by molar-refractivity contribution is 7.13. The van der Waals surface area contributed by atoms with E-state index >= 15 is 0 Å². The minimum absolute atomic E-state index is 0.201. The fourth-order valence-electron chi connectivity index (χ4n) is 0.853. The van der Waals surface area contributed by atoms with Crippen LogP contribution in [0, 0.1) is 0 Å². The van der Waals surface area contributed by atoms with Crippen molar-refractivity contribution >= 4 is 22.9 Å². The highest BCUT2D eigenvalue weighted by Crippen LogP contribution is 2.06. The molecule has 0 radical (unpaired) electrons. The number of rotatable bonds is 2. The molecule has 0 amide bonds. The first-order valence-corrected chi connectivity index (χ1v) is 4.58. The largest absolute Gasteiger partial charge is 0.364 e. The van der Waals surface area contributed by atoms with Gasteiger partial charge in [-0.15, -0.1) is 5.10 Å². The Balaban J connectivity index is 2.28. The van der Waals surface area contributed by atoms with E-state index in [2.05, 4.69) is 14.8 Å². The molecule has 0 bridgehead atoms. The van der Waals surface area contributed by atoms with Crippen LogP contribution in [0.25, 0.3) is 0 Å². The zero-order valence-corrected chi connectivity index (χ0v) is 7.88. The maximum Gasteiger partial charge on any atom is 0.326 e. The third-order valence-corrected chi connectivity index (χ3v) is 2.33. The molecule has 2 aromatic rings. The molecular weight excluding hydrogens is 214 g/mol. The Morgan fingerprint density at radius 1 is 1.69 bits per heavy atom. The lowest BCUT2D eigenvalue weighted by Gasteiger charge is -1.91. The lowest BCUT2D eigenvalue weighted by Crippen LogP contribution is -2.15. The Hall–Kier alpha value is -1.14. The smallest absolute Gasteiger partial charge is 0.326 e. The summed E-state index contributed by atoms with van der Waals surface area (Å²) in [6, 6.07) is 1.67. The van der Waals surface area contributed by atoms with Gasteiger partial charge in [-0.2, -0.15) is 0 Å². The van der Waals surface area contributed by atoms with Crippen LogP contribution in [0.3, 0.4) is 0 Å². The zero-order valence-electron chi connectivity index (χ0n) is 6.31. The normalized spacial score (nSPS) is 10.5. The van der Waals surface area contributed by atoms with Crippen molar-refractivity contribution < 1.29 is 4.52 Å². The highest BCUT2D eigenvalue weighted by atomic mass is 35.5. The fraction of sp³-hybridized carbons (Fsp3) is 0.167. The van der Waals surface area contributed by atoms with Gasteiger partial charge >= 0.3 is 4.87 Å². The monoisotopic (exact) mass is 217 g/mol. The number of hydrogen-bond donors (Lipinski definition) is 0. The standard InChI is InChI=1S/C6H4ClN3O2S/c7-5-8-10(6(11)13-5)3-4-1-2-12-9-4/h1-2H,3H2. The molecule has 13 heavy (non-hydrogen) atoms. The molecular formula is C6H4ClN3O2S. The SMILES string of the molecule is O=c1sc(Cl)nn1Cc1ccon1. The first-order chi connectivity index (χ1) is 6.25. The van der Waals surface area contributed by atoms with Crippen LogP contribution in [0.4, 0.5) is 0 Å². The number of aromatic nitrogens is 3. The fourth-order valence-corrected chi connectivity index (χ4v) is 1.64.